The molecule has 4 nitrogen and oxygen atoms in total. The Labute approximate surface area is 191 Å². The number of likely N-dealkylation sites (tertiary alicyclic amines) is 1. The van der Waals surface area contributed by atoms with Gasteiger partial charge in [0.1, 0.15) is 12.3 Å². The van der Waals surface area contributed by atoms with E-state index in [0.717, 1.165) is 42.4 Å². The van der Waals surface area contributed by atoms with Crippen LogP contribution < -0.4 is 15.2 Å². The van der Waals surface area contributed by atoms with Gasteiger partial charge in [-0.2, -0.15) is 0 Å². The van der Waals surface area contributed by atoms with Gasteiger partial charge < -0.3 is 14.2 Å². The molecule has 1 saturated heterocycles. The van der Waals surface area contributed by atoms with Crippen LogP contribution in [0.2, 0.25) is 0 Å². The minimum absolute atomic E-state index is 0.183. The highest BCUT2D eigenvalue weighted by molar-refractivity contribution is 7.22. The molecule has 0 aliphatic carbocycles. The molecule has 4 aromatic rings. The first-order valence-electron chi connectivity index (χ1n) is 11.4. The van der Waals surface area contributed by atoms with Gasteiger partial charge in [-0.15, -0.1) is 11.3 Å². The van der Waals surface area contributed by atoms with Gasteiger partial charge >= 0.3 is 0 Å². The molecule has 4 heterocycles. The van der Waals surface area contributed by atoms with Crippen molar-refractivity contribution in [3.63, 3.8) is 0 Å². The molecule has 2 aromatic heterocycles. The predicted octanol–water partition coefficient (Wildman–Crippen LogP) is 3.94. The summed E-state index contributed by atoms with van der Waals surface area (Å²) in [5.74, 6) is 1.92. The number of thiophene rings is 1. The molecule has 2 aliphatic heterocycles. The summed E-state index contributed by atoms with van der Waals surface area (Å²) in [6, 6.07) is 23.2. The van der Waals surface area contributed by atoms with Crippen molar-refractivity contribution >= 4 is 21.4 Å². The predicted molar refractivity (Wildman–Crippen MR) is 130 cm³/mol. The van der Waals surface area contributed by atoms with Gasteiger partial charge in [-0.1, -0.05) is 18.2 Å². The van der Waals surface area contributed by atoms with Crippen LogP contribution in [0.1, 0.15) is 23.6 Å². The van der Waals surface area contributed by atoms with Gasteiger partial charge in [-0.3, -0.25) is 4.79 Å². The number of piperidine rings is 1. The molecule has 0 saturated carbocycles. The largest absolute Gasteiger partial charge is 0.497 e. The molecule has 32 heavy (non-hydrogen) atoms. The molecule has 0 radical (unpaired) electrons. The third-order valence-corrected chi connectivity index (χ3v) is 8.25. The Morgan fingerprint density at radius 1 is 1.06 bits per heavy atom. The third-order valence-electron chi connectivity index (χ3n) is 7.10. The van der Waals surface area contributed by atoms with Crippen molar-refractivity contribution in [1.82, 2.24) is 4.57 Å². The van der Waals surface area contributed by atoms with E-state index in [1.165, 1.54) is 27.8 Å². The van der Waals surface area contributed by atoms with E-state index in [1.54, 1.807) is 23.3 Å². The van der Waals surface area contributed by atoms with Crippen LogP contribution >= 0.6 is 11.3 Å². The number of benzene rings is 2. The molecule has 2 aromatic carbocycles. The topological polar surface area (TPSA) is 35.7 Å². The average Bonchev–Trinajstić information content (AvgIpc) is 3.24. The van der Waals surface area contributed by atoms with Gasteiger partial charge in [-0.25, -0.2) is 0 Å². The minimum Gasteiger partial charge on any atom is -0.497 e. The van der Waals surface area contributed by atoms with Crippen molar-refractivity contribution in [3.8, 4) is 16.2 Å². The summed E-state index contributed by atoms with van der Waals surface area (Å²) < 4.78 is 8.61. The van der Waals surface area contributed by atoms with Gasteiger partial charge in [0, 0.05) is 39.2 Å². The summed E-state index contributed by atoms with van der Waals surface area (Å²) in [5.41, 5.74) is 3.60. The summed E-state index contributed by atoms with van der Waals surface area (Å²) in [7, 11) is 1.71. The van der Waals surface area contributed by atoms with Crippen LogP contribution in [0.15, 0.2) is 71.5 Å². The quantitative estimate of drug-likeness (QED) is 0.519. The van der Waals surface area contributed by atoms with Gasteiger partial charge in [0.2, 0.25) is 0 Å². The molecule has 6 rings (SSSR count). The molecule has 1 unspecified atom stereocenters. The van der Waals surface area contributed by atoms with Crippen LogP contribution in [-0.2, 0) is 13.1 Å². The van der Waals surface area contributed by atoms with Crippen molar-refractivity contribution < 1.29 is 9.64 Å². The number of hydrogen-bond donors (Lipinski definition) is 1. The fourth-order valence-corrected chi connectivity index (χ4v) is 6.73. The summed E-state index contributed by atoms with van der Waals surface area (Å²) in [4.78, 5) is 16.2. The summed E-state index contributed by atoms with van der Waals surface area (Å²) in [6.07, 6.45) is 1.20. The number of nitrogens with zero attached hydrogens (tertiary/aromatic N) is 1. The van der Waals surface area contributed by atoms with Crippen molar-refractivity contribution in [2.75, 3.05) is 20.2 Å². The molecule has 2 aliphatic rings. The molecule has 1 fully saturated rings. The molecule has 0 spiro atoms. The Balaban J connectivity index is 1.28. The second kappa shape index (κ2) is 7.91. The number of fused-ring (bicyclic) bond motifs is 5. The molecule has 3 atom stereocenters. The number of hydrogen-bond acceptors (Lipinski definition) is 3. The Morgan fingerprint density at radius 2 is 1.91 bits per heavy atom. The van der Waals surface area contributed by atoms with Crippen LogP contribution in [0.25, 0.3) is 20.5 Å². The number of rotatable bonds is 4. The fraction of sp³-hybridized carbons (Fsp3) is 0.296. The van der Waals surface area contributed by atoms with Gasteiger partial charge in [0.25, 0.3) is 5.56 Å². The average molecular weight is 444 g/mol. The number of quaternary nitrogens is 1. The van der Waals surface area contributed by atoms with Crippen LogP contribution in [0.3, 0.4) is 0 Å². The van der Waals surface area contributed by atoms with Crippen molar-refractivity contribution in [1.29, 1.82) is 0 Å². The summed E-state index contributed by atoms with van der Waals surface area (Å²) in [5, 5.41) is 1.21. The second-order valence-corrected chi connectivity index (χ2v) is 10.3. The molecule has 1 N–H and O–H groups in total. The van der Waals surface area contributed by atoms with Crippen molar-refractivity contribution in [2.45, 2.75) is 25.4 Å². The van der Waals surface area contributed by atoms with E-state index in [9.17, 15) is 4.79 Å². The van der Waals surface area contributed by atoms with E-state index in [4.69, 9.17) is 4.74 Å². The standard InChI is InChI=1S/C27H26N2O2S/c1-31-22-8-6-18(7-9-22)14-28-15-19-12-21(17-28)24-11-10-23(27(30)29(24)16-19)26-13-20-4-2-3-5-25(20)32-26/h2-11,13,19,21H,12,14-17H2,1H3/p+1/t19-,21+/m0/s1. The van der Waals surface area contributed by atoms with Crippen molar-refractivity contribution in [3.05, 3.63) is 88.3 Å². The number of pyridine rings is 1. The highest BCUT2D eigenvalue weighted by atomic mass is 32.1. The van der Waals surface area contributed by atoms with Crippen molar-refractivity contribution in [2.24, 2.45) is 5.92 Å². The number of methoxy groups -OCH3 is 1. The first-order valence-corrected chi connectivity index (χ1v) is 12.2. The minimum atomic E-state index is 0.183. The summed E-state index contributed by atoms with van der Waals surface area (Å²) >= 11 is 1.71. The van der Waals surface area contributed by atoms with Crippen LogP contribution in [0.4, 0.5) is 0 Å². The van der Waals surface area contributed by atoms with Crippen LogP contribution in [0, 0.1) is 5.92 Å². The van der Waals surface area contributed by atoms with E-state index in [2.05, 4.69) is 59.2 Å². The number of ether oxygens (including phenoxy) is 1. The molecule has 5 heteroatoms. The maximum atomic E-state index is 13.5. The maximum Gasteiger partial charge on any atom is 0.259 e. The zero-order valence-corrected chi connectivity index (χ0v) is 19.0. The summed E-state index contributed by atoms with van der Waals surface area (Å²) in [6.45, 7) is 4.09. The number of aromatic nitrogens is 1. The first kappa shape index (κ1) is 19.8. The molecular weight excluding hydrogens is 416 g/mol. The lowest BCUT2D eigenvalue weighted by atomic mass is 9.82. The third kappa shape index (κ3) is 3.46. The van der Waals surface area contributed by atoms with E-state index in [1.807, 2.05) is 12.1 Å². The van der Waals surface area contributed by atoms with E-state index in [0.29, 0.717) is 11.8 Å². The lowest BCUT2D eigenvalue weighted by molar-refractivity contribution is -0.924. The smallest absolute Gasteiger partial charge is 0.259 e. The Bertz CT molecular complexity index is 1310. The lowest BCUT2D eigenvalue weighted by Crippen LogP contribution is -3.13. The first-order chi connectivity index (χ1) is 15.7. The molecule has 2 bridgehead atoms. The maximum absolute atomic E-state index is 13.5. The SMILES string of the molecule is COc1ccc(C[NH+]2C[C@@H]3C[C@H](C2)c2ccc(-c4cc5ccccc5s4)c(=O)n2C3)cc1. The van der Waals surface area contributed by atoms with Crippen LogP contribution in [0.5, 0.6) is 5.75 Å². The van der Waals surface area contributed by atoms with E-state index in [-0.39, 0.29) is 5.56 Å². The second-order valence-electron chi connectivity index (χ2n) is 9.22. The Hall–Kier alpha value is -2.89. The normalized spacial score (nSPS) is 22.0. The molecular formula is C27H27N2O2S+. The zero-order valence-electron chi connectivity index (χ0n) is 18.2. The van der Waals surface area contributed by atoms with E-state index < -0.39 is 0 Å². The molecule has 0 amide bonds. The fourth-order valence-electron chi connectivity index (χ4n) is 5.65. The van der Waals surface area contributed by atoms with Crippen LogP contribution in [-0.4, -0.2) is 24.8 Å². The number of nitrogens with one attached hydrogen (secondary N) is 1. The highest BCUT2D eigenvalue weighted by Crippen LogP contribution is 2.35. The van der Waals surface area contributed by atoms with Gasteiger partial charge in [0.05, 0.1) is 25.8 Å². The highest BCUT2D eigenvalue weighted by Gasteiger charge is 2.37. The molecule has 162 valence electrons. The Kier molecular flexibility index (Phi) is 4.89. The van der Waals surface area contributed by atoms with Gasteiger partial charge in [-0.05, 0) is 60.3 Å². The van der Waals surface area contributed by atoms with E-state index >= 15 is 0 Å². The van der Waals surface area contributed by atoms with Gasteiger partial charge in [0.15, 0.2) is 0 Å². The zero-order chi connectivity index (χ0) is 21.7. The lowest BCUT2D eigenvalue weighted by Gasteiger charge is -2.40. The monoisotopic (exact) mass is 443 g/mol. The Morgan fingerprint density at radius 3 is 2.72 bits per heavy atom.